The largest absolute Gasteiger partial charge is 0.294 e. The number of sulfone groups is 1. The summed E-state index contributed by atoms with van der Waals surface area (Å²) >= 11 is 0. The molecular weight excluding hydrogens is 226 g/mol. The van der Waals surface area contributed by atoms with Crippen molar-refractivity contribution >= 4 is 15.6 Å². The molecule has 5 heteroatoms. The Kier molecular flexibility index (Phi) is 4.18. The molecule has 0 saturated carbocycles. The third-order valence-electron chi connectivity index (χ3n) is 2.23. The standard InChI is InChI=1S/C11H15NO3S/c1-9-10(5-3-7-12-9)11(13)6-4-8-16(2,14)15/h3,5,7H,4,6,8H2,1-2H3. The molecule has 88 valence electrons. The molecule has 0 atom stereocenters. The molecule has 1 rings (SSSR count). The molecule has 0 fully saturated rings. The molecular formula is C11H15NO3S. The van der Waals surface area contributed by atoms with Gasteiger partial charge in [0.15, 0.2) is 5.78 Å². The van der Waals surface area contributed by atoms with Crippen LogP contribution in [0.3, 0.4) is 0 Å². The van der Waals surface area contributed by atoms with Gasteiger partial charge in [-0.15, -0.1) is 0 Å². The Hall–Kier alpha value is -1.23. The maximum Gasteiger partial charge on any atom is 0.164 e. The fourth-order valence-corrected chi connectivity index (χ4v) is 2.08. The van der Waals surface area contributed by atoms with E-state index in [0.717, 1.165) is 0 Å². The lowest BCUT2D eigenvalue weighted by Gasteiger charge is -2.03. The van der Waals surface area contributed by atoms with E-state index in [1.54, 1.807) is 25.3 Å². The molecule has 0 aliphatic rings. The van der Waals surface area contributed by atoms with Crippen molar-refractivity contribution < 1.29 is 13.2 Å². The molecule has 4 nitrogen and oxygen atoms in total. The predicted molar refractivity (Wildman–Crippen MR) is 62.2 cm³/mol. The van der Waals surface area contributed by atoms with Gasteiger partial charge in [-0.25, -0.2) is 8.42 Å². The quantitative estimate of drug-likeness (QED) is 0.731. The first-order valence-corrected chi connectivity index (χ1v) is 7.09. The lowest BCUT2D eigenvalue weighted by Crippen LogP contribution is -2.08. The topological polar surface area (TPSA) is 64.1 Å². The van der Waals surface area contributed by atoms with Gasteiger partial charge in [0.1, 0.15) is 9.84 Å². The Morgan fingerprint density at radius 1 is 1.44 bits per heavy atom. The molecule has 0 N–H and O–H groups in total. The number of aryl methyl sites for hydroxylation is 1. The summed E-state index contributed by atoms with van der Waals surface area (Å²) in [7, 11) is -2.98. The van der Waals surface area contributed by atoms with Gasteiger partial charge in [-0.2, -0.15) is 0 Å². The molecule has 0 unspecified atom stereocenters. The van der Waals surface area contributed by atoms with Crippen LogP contribution >= 0.6 is 0 Å². The summed E-state index contributed by atoms with van der Waals surface area (Å²) in [6.07, 6.45) is 3.42. The molecule has 1 aromatic rings. The molecule has 0 amide bonds. The van der Waals surface area contributed by atoms with Gasteiger partial charge in [-0.1, -0.05) is 0 Å². The zero-order valence-electron chi connectivity index (χ0n) is 9.43. The number of rotatable bonds is 5. The molecule has 1 heterocycles. The van der Waals surface area contributed by atoms with Gasteiger partial charge in [-0.3, -0.25) is 9.78 Å². The summed E-state index contributed by atoms with van der Waals surface area (Å²) in [5.74, 6) is 0.00663. The number of hydrogen-bond acceptors (Lipinski definition) is 4. The van der Waals surface area contributed by atoms with Gasteiger partial charge in [-0.05, 0) is 25.5 Å². The lowest BCUT2D eigenvalue weighted by atomic mass is 10.1. The van der Waals surface area contributed by atoms with Crippen molar-refractivity contribution in [2.45, 2.75) is 19.8 Å². The van der Waals surface area contributed by atoms with E-state index in [9.17, 15) is 13.2 Å². The van der Waals surface area contributed by atoms with Crippen LogP contribution in [0, 0.1) is 6.92 Å². The molecule has 0 spiro atoms. The minimum atomic E-state index is -2.98. The van der Waals surface area contributed by atoms with E-state index in [4.69, 9.17) is 0 Å². The third kappa shape index (κ3) is 4.10. The van der Waals surface area contributed by atoms with Gasteiger partial charge in [0.25, 0.3) is 0 Å². The Balaban J connectivity index is 2.57. The van der Waals surface area contributed by atoms with E-state index in [1.807, 2.05) is 0 Å². The molecule has 0 aliphatic carbocycles. The smallest absolute Gasteiger partial charge is 0.164 e. The lowest BCUT2D eigenvalue weighted by molar-refractivity contribution is 0.0981. The van der Waals surface area contributed by atoms with E-state index >= 15 is 0 Å². The van der Waals surface area contributed by atoms with E-state index in [-0.39, 0.29) is 18.0 Å². The van der Waals surface area contributed by atoms with Crippen molar-refractivity contribution in [3.63, 3.8) is 0 Å². The molecule has 16 heavy (non-hydrogen) atoms. The second kappa shape index (κ2) is 5.21. The zero-order chi connectivity index (χ0) is 12.2. The average molecular weight is 241 g/mol. The highest BCUT2D eigenvalue weighted by atomic mass is 32.2. The second-order valence-electron chi connectivity index (χ2n) is 3.79. The first-order valence-electron chi connectivity index (χ1n) is 5.03. The number of Topliss-reactive ketones (excluding diaryl/α,β-unsaturated/α-hetero) is 1. The van der Waals surface area contributed by atoms with Crippen molar-refractivity contribution in [3.8, 4) is 0 Å². The second-order valence-corrected chi connectivity index (χ2v) is 6.05. The van der Waals surface area contributed by atoms with Crippen molar-refractivity contribution in [3.05, 3.63) is 29.6 Å². The summed E-state index contributed by atoms with van der Waals surface area (Å²) < 4.78 is 21.8. The SMILES string of the molecule is Cc1ncccc1C(=O)CCCS(C)(=O)=O. The van der Waals surface area contributed by atoms with Crippen LogP contribution < -0.4 is 0 Å². The highest BCUT2D eigenvalue weighted by Gasteiger charge is 2.10. The summed E-state index contributed by atoms with van der Waals surface area (Å²) in [6.45, 7) is 1.77. The summed E-state index contributed by atoms with van der Waals surface area (Å²) in [5.41, 5.74) is 1.27. The zero-order valence-corrected chi connectivity index (χ0v) is 10.3. The molecule has 0 bridgehead atoms. The molecule has 0 aromatic carbocycles. The number of carbonyl (C=O) groups is 1. The maximum absolute atomic E-state index is 11.7. The number of aromatic nitrogens is 1. The van der Waals surface area contributed by atoms with E-state index < -0.39 is 9.84 Å². The van der Waals surface area contributed by atoms with Gasteiger partial charge in [0.05, 0.1) is 5.75 Å². The highest BCUT2D eigenvalue weighted by Crippen LogP contribution is 2.09. The van der Waals surface area contributed by atoms with Crippen LogP contribution in [0.25, 0.3) is 0 Å². The molecule has 0 radical (unpaired) electrons. The number of nitrogens with zero attached hydrogens (tertiary/aromatic N) is 1. The summed E-state index contributed by atoms with van der Waals surface area (Å²) in [5, 5.41) is 0. The summed E-state index contributed by atoms with van der Waals surface area (Å²) in [6, 6.07) is 3.42. The highest BCUT2D eigenvalue weighted by molar-refractivity contribution is 7.90. The summed E-state index contributed by atoms with van der Waals surface area (Å²) in [4.78, 5) is 15.7. The fraction of sp³-hybridized carbons (Fsp3) is 0.455. The van der Waals surface area contributed by atoms with Gasteiger partial charge in [0, 0.05) is 30.1 Å². The van der Waals surface area contributed by atoms with Crippen LogP contribution in [0.15, 0.2) is 18.3 Å². The van der Waals surface area contributed by atoms with Crippen LogP contribution in [0.4, 0.5) is 0 Å². The van der Waals surface area contributed by atoms with Crippen molar-refractivity contribution in [1.29, 1.82) is 0 Å². The normalized spacial score (nSPS) is 11.4. The predicted octanol–water partition coefficient (Wildman–Crippen LogP) is 1.40. The maximum atomic E-state index is 11.7. The van der Waals surface area contributed by atoms with Crippen LogP contribution in [0.5, 0.6) is 0 Å². The molecule has 1 aromatic heterocycles. The Morgan fingerprint density at radius 3 is 2.69 bits per heavy atom. The van der Waals surface area contributed by atoms with Crippen LogP contribution in [-0.4, -0.2) is 31.2 Å². The monoisotopic (exact) mass is 241 g/mol. The van der Waals surface area contributed by atoms with Crippen molar-refractivity contribution in [2.75, 3.05) is 12.0 Å². The molecule has 0 aliphatic heterocycles. The van der Waals surface area contributed by atoms with Gasteiger partial charge >= 0.3 is 0 Å². The van der Waals surface area contributed by atoms with E-state index in [2.05, 4.69) is 4.98 Å². The Bertz CT molecular complexity index is 480. The number of pyridine rings is 1. The minimum Gasteiger partial charge on any atom is -0.294 e. The number of hydrogen-bond donors (Lipinski definition) is 0. The Morgan fingerprint density at radius 2 is 2.12 bits per heavy atom. The van der Waals surface area contributed by atoms with Crippen molar-refractivity contribution in [2.24, 2.45) is 0 Å². The van der Waals surface area contributed by atoms with Crippen LogP contribution in [0.2, 0.25) is 0 Å². The fourth-order valence-electron chi connectivity index (χ4n) is 1.41. The van der Waals surface area contributed by atoms with E-state index in [0.29, 0.717) is 17.7 Å². The Labute approximate surface area is 95.6 Å². The number of ketones is 1. The van der Waals surface area contributed by atoms with Crippen molar-refractivity contribution in [1.82, 2.24) is 4.98 Å². The third-order valence-corrected chi connectivity index (χ3v) is 3.26. The van der Waals surface area contributed by atoms with Gasteiger partial charge < -0.3 is 0 Å². The average Bonchev–Trinajstić information content (AvgIpc) is 2.16. The van der Waals surface area contributed by atoms with E-state index in [1.165, 1.54) is 6.26 Å². The van der Waals surface area contributed by atoms with Crippen LogP contribution in [-0.2, 0) is 9.84 Å². The first kappa shape index (κ1) is 12.8. The van der Waals surface area contributed by atoms with Crippen LogP contribution in [0.1, 0.15) is 28.9 Å². The minimum absolute atomic E-state index is 0.0470. The van der Waals surface area contributed by atoms with Gasteiger partial charge in [0.2, 0.25) is 0 Å². The molecule has 0 saturated heterocycles. The number of carbonyl (C=O) groups excluding carboxylic acids is 1. The first-order chi connectivity index (χ1) is 7.40.